The highest BCUT2D eigenvalue weighted by molar-refractivity contribution is 6.04. The monoisotopic (exact) mass is 561 g/mol. The van der Waals surface area contributed by atoms with Crippen molar-refractivity contribution in [2.45, 2.75) is 118 Å². The highest BCUT2D eigenvalue weighted by Gasteiger charge is 2.83. The molecular formula is C36H48FNO3. The van der Waals surface area contributed by atoms with Crippen molar-refractivity contribution < 1.29 is 18.7 Å². The quantitative estimate of drug-likeness (QED) is 0.256. The fraction of sp³-hybridized carbons (Fsp3) is 0.750. The van der Waals surface area contributed by atoms with E-state index in [1.165, 1.54) is 0 Å². The first-order valence-corrected chi connectivity index (χ1v) is 16.1. The Morgan fingerprint density at radius 1 is 0.927 bits per heavy atom. The Balaban J connectivity index is 1.35. The molecule has 5 saturated carbocycles. The second-order valence-corrected chi connectivity index (χ2v) is 17.0. The van der Waals surface area contributed by atoms with Crippen LogP contribution in [0.4, 0.5) is 4.39 Å². The predicted octanol–water partition coefficient (Wildman–Crippen LogP) is 8.15. The molecule has 222 valence electrons. The summed E-state index contributed by atoms with van der Waals surface area (Å²) >= 11 is 0. The summed E-state index contributed by atoms with van der Waals surface area (Å²) in [5.41, 5.74) is -1.31. The van der Waals surface area contributed by atoms with Crippen LogP contribution in [0.1, 0.15) is 112 Å². The number of fused-ring (bicyclic) bond motifs is 4. The van der Waals surface area contributed by atoms with Gasteiger partial charge in [-0.1, -0.05) is 54.5 Å². The van der Waals surface area contributed by atoms with Crippen molar-refractivity contribution in [1.29, 1.82) is 0 Å². The topological polar surface area (TPSA) is 56.3 Å². The van der Waals surface area contributed by atoms with Crippen LogP contribution in [0.5, 0.6) is 0 Å². The number of alkyl halides is 1. The Labute approximate surface area is 245 Å². The van der Waals surface area contributed by atoms with E-state index in [1.807, 2.05) is 24.3 Å². The summed E-state index contributed by atoms with van der Waals surface area (Å²) < 4.78 is 24.0. The Hall–Kier alpha value is -2.04. The highest BCUT2D eigenvalue weighted by atomic mass is 19.1. The van der Waals surface area contributed by atoms with Crippen LogP contribution in [0.15, 0.2) is 30.0 Å². The van der Waals surface area contributed by atoms with E-state index in [9.17, 15) is 9.59 Å². The highest BCUT2D eigenvalue weighted by Crippen LogP contribution is 2.81. The fourth-order valence-electron chi connectivity index (χ4n) is 12.4. The smallest absolute Gasteiger partial charge is 0.313 e. The van der Waals surface area contributed by atoms with Crippen molar-refractivity contribution in [2.24, 2.45) is 50.2 Å². The van der Waals surface area contributed by atoms with Gasteiger partial charge in [0.1, 0.15) is 6.17 Å². The molecule has 5 aliphatic carbocycles. The van der Waals surface area contributed by atoms with Gasteiger partial charge in [0.15, 0.2) is 11.4 Å². The van der Waals surface area contributed by atoms with E-state index < -0.39 is 28.0 Å². The maximum absolute atomic E-state index is 17.5. The van der Waals surface area contributed by atoms with Crippen molar-refractivity contribution in [3.63, 3.8) is 0 Å². The molecule has 4 nitrogen and oxygen atoms in total. The fourth-order valence-corrected chi connectivity index (χ4v) is 12.4. The molecule has 1 aromatic heterocycles. The summed E-state index contributed by atoms with van der Waals surface area (Å²) in [7, 11) is 0. The molecule has 0 amide bonds. The lowest BCUT2D eigenvalue weighted by molar-refractivity contribution is -0.299. The number of ether oxygens (including phenoxy) is 1. The lowest BCUT2D eigenvalue weighted by Crippen LogP contribution is -2.75. The number of rotatable bonds is 1. The summed E-state index contributed by atoms with van der Waals surface area (Å²) in [5.74, 6) is 0.292. The third-order valence-corrected chi connectivity index (χ3v) is 14.6. The number of Topliss-reactive ketones (excluding diaryl/α,β-unsaturated/α-hetero) is 1. The van der Waals surface area contributed by atoms with Gasteiger partial charge in [-0.2, -0.15) is 0 Å². The molecule has 0 aromatic carbocycles. The molecule has 6 fully saturated rings. The summed E-state index contributed by atoms with van der Waals surface area (Å²) in [6.07, 6.45) is 9.81. The van der Waals surface area contributed by atoms with Crippen LogP contribution in [-0.4, -0.2) is 28.5 Å². The number of hydrogen-bond acceptors (Lipinski definition) is 4. The van der Waals surface area contributed by atoms with Gasteiger partial charge in [0.05, 0.1) is 11.1 Å². The molecule has 6 aliphatic rings. The molecule has 1 aromatic rings. The minimum absolute atomic E-state index is 0.0627. The van der Waals surface area contributed by atoms with Crippen LogP contribution in [0.3, 0.4) is 0 Å². The zero-order chi connectivity index (χ0) is 29.4. The van der Waals surface area contributed by atoms with Crippen molar-refractivity contribution in [3.8, 4) is 0 Å². The second kappa shape index (κ2) is 8.11. The van der Waals surface area contributed by atoms with Crippen LogP contribution in [0.2, 0.25) is 0 Å². The van der Waals surface area contributed by atoms with E-state index in [-0.39, 0.29) is 45.8 Å². The van der Waals surface area contributed by atoms with Gasteiger partial charge in [0, 0.05) is 22.9 Å². The number of carbonyl (C=O) groups is 2. The second-order valence-electron chi connectivity index (χ2n) is 17.0. The summed E-state index contributed by atoms with van der Waals surface area (Å²) in [6, 6.07) is 5.79. The summed E-state index contributed by atoms with van der Waals surface area (Å²) in [4.78, 5) is 32.3. The number of hydrogen-bond donors (Lipinski definition) is 0. The van der Waals surface area contributed by atoms with Gasteiger partial charge >= 0.3 is 5.97 Å². The summed E-state index contributed by atoms with van der Waals surface area (Å²) in [5, 5.41) is 0. The van der Waals surface area contributed by atoms with E-state index in [0.717, 1.165) is 56.2 Å². The molecule has 1 spiro atoms. The first-order chi connectivity index (χ1) is 19.1. The van der Waals surface area contributed by atoms with Crippen molar-refractivity contribution in [1.82, 2.24) is 4.98 Å². The number of nitrogens with zero attached hydrogens (tertiary/aromatic N) is 1. The molecule has 7 rings (SSSR count). The van der Waals surface area contributed by atoms with Gasteiger partial charge in [-0.05, 0) is 110 Å². The van der Waals surface area contributed by atoms with Crippen molar-refractivity contribution >= 4 is 17.8 Å². The number of allylic oxidation sites excluding steroid dienone is 1. The molecule has 5 heteroatoms. The maximum atomic E-state index is 17.5. The third-order valence-electron chi connectivity index (χ3n) is 14.6. The largest absolute Gasteiger partial charge is 0.455 e. The Morgan fingerprint density at radius 2 is 1.66 bits per heavy atom. The SMILES string of the molecule is CC1(C)CC[C@@]23CC[C@]4(C)[C@](OC2=O)([C@H](F)C[C@@H]2[C@@]5(C)C/C(=C\c6ccccn6)C(=O)C(C)(C)[C@@H]5CC[C@]24C)[C@@H]3C1. The van der Waals surface area contributed by atoms with Crippen LogP contribution >= 0.6 is 0 Å². The lowest BCUT2D eigenvalue weighted by Gasteiger charge is -2.74. The van der Waals surface area contributed by atoms with Crippen LogP contribution in [-0.2, 0) is 14.3 Å². The lowest BCUT2D eigenvalue weighted by atomic mass is 9.30. The van der Waals surface area contributed by atoms with E-state index in [2.05, 4.69) is 53.5 Å². The molecule has 2 bridgehead atoms. The number of ketones is 1. The molecule has 0 radical (unpaired) electrons. The minimum Gasteiger partial charge on any atom is -0.455 e. The number of carbonyl (C=O) groups excluding carboxylic acids is 2. The number of esters is 1. The van der Waals surface area contributed by atoms with Crippen LogP contribution in [0.25, 0.3) is 6.08 Å². The van der Waals surface area contributed by atoms with E-state index in [0.29, 0.717) is 12.8 Å². The Morgan fingerprint density at radius 3 is 2.37 bits per heavy atom. The van der Waals surface area contributed by atoms with Gasteiger partial charge in [0.25, 0.3) is 0 Å². The Kier molecular flexibility index (Phi) is 5.49. The van der Waals surface area contributed by atoms with Gasteiger partial charge in [-0.3, -0.25) is 14.6 Å². The zero-order valence-electron chi connectivity index (χ0n) is 26.1. The molecule has 9 atom stereocenters. The van der Waals surface area contributed by atoms with E-state index in [1.54, 1.807) is 6.20 Å². The van der Waals surface area contributed by atoms with E-state index in [4.69, 9.17) is 4.74 Å². The van der Waals surface area contributed by atoms with Gasteiger partial charge in [-0.15, -0.1) is 0 Å². The number of pyridine rings is 1. The van der Waals surface area contributed by atoms with Gasteiger partial charge < -0.3 is 4.74 Å². The molecule has 1 saturated heterocycles. The molecule has 0 unspecified atom stereocenters. The average molecular weight is 562 g/mol. The number of aromatic nitrogens is 1. The Bertz CT molecular complexity index is 1350. The maximum Gasteiger partial charge on any atom is 0.313 e. The van der Waals surface area contributed by atoms with E-state index >= 15 is 4.39 Å². The number of halogens is 1. The van der Waals surface area contributed by atoms with Gasteiger partial charge in [0.2, 0.25) is 0 Å². The minimum atomic E-state index is -1.20. The first kappa shape index (κ1) is 27.8. The van der Waals surface area contributed by atoms with Crippen molar-refractivity contribution in [2.75, 3.05) is 0 Å². The van der Waals surface area contributed by atoms with Crippen LogP contribution in [0, 0.1) is 50.2 Å². The van der Waals surface area contributed by atoms with Crippen LogP contribution < -0.4 is 0 Å². The molecule has 1 aliphatic heterocycles. The predicted molar refractivity (Wildman–Crippen MR) is 157 cm³/mol. The molecule has 41 heavy (non-hydrogen) atoms. The van der Waals surface area contributed by atoms with Gasteiger partial charge in [-0.25, -0.2) is 4.39 Å². The zero-order valence-corrected chi connectivity index (χ0v) is 26.1. The third kappa shape index (κ3) is 3.14. The van der Waals surface area contributed by atoms with Crippen molar-refractivity contribution in [3.05, 3.63) is 35.7 Å². The standard InChI is InChI=1S/C36H48FNO3/c1-30(2)13-15-35-16-14-34(7)33(6)12-11-24-31(3,4)28(39)22(18-23-10-8-9-17-38-23)20-32(24,5)25(33)19-27(37)36(34,26(35)21-30)41-29(35)40/h8-10,17-18,24-27H,11-16,19-21H2,1-7H3/b22-18+/t24-,25+,26+,27+,32-,33+,34-,35-,36+/m0/s1. The molecule has 0 N–H and O–H groups in total. The normalized spacial score (nSPS) is 50.3. The molecule has 2 heterocycles. The molecular weight excluding hydrogens is 513 g/mol. The summed E-state index contributed by atoms with van der Waals surface area (Å²) in [6.45, 7) is 15.9. The first-order valence-electron chi connectivity index (χ1n) is 16.1. The average Bonchev–Trinajstić information content (AvgIpc) is 3.09.